The van der Waals surface area contributed by atoms with Gasteiger partial charge in [0.05, 0.1) is 0 Å². The number of hydrogen-bond acceptors (Lipinski definition) is 4. The van der Waals surface area contributed by atoms with Crippen molar-refractivity contribution in [2.45, 2.75) is 50.9 Å². The Balaban J connectivity index is 1.52. The predicted octanol–water partition coefficient (Wildman–Crippen LogP) is 4.30. The van der Waals surface area contributed by atoms with Gasteiger partial charge >= 0.3 is 0 Å². The monoisotopic (exact) mass is 333 g/mol. The zero-order valence-corrected chi connectivity index (χ0v) is 13.7. The molecule has 1 aromatic carbocycles. The number of carbonyl (C=O) groups is 1. The van der Waals surface area contributed by atoms with Crippen LogP contribution in [0.5, 0.6) is 0 Å². The van der Waals surface area contributed by atoms with Gasteiger partial charge in [0.25, 0.3) is 0 Å². The summed E-state index contributed by atoms with van der Waals surface area (Å²) in [5.41, 5.74) is 0.558. The van der Waals surface area contributed by atoms with E-state index in [4.69, 9.17) is 0 Å². The number of rotatable bonds is 5. The molecule has 4 nitrogen and oxygen atoms in total. The fourth-order valence-electron chi connectivity index (χ4n) is 2.93. The van der Waals surface area contributed by atoms with Crippen molar-refractivity contribution in [3.05, 3.63) is 40.7 Å². The van der Waals surface area contributed by atoms with E-state index in [2.05, 4.69) is 15.5 Å². The number of nitrogens with zero attached hydrogens (tertiary/aromatic N) is 2. The van der Waals surface area contributed by atoms with E-state index in [0.29, 0.717) is 23.0 Å². The summed E-state index contributed by atoms with van der Waals surface area (Å²) in [6.07, 6.45) is 6.73. The lowest BCUT2D eigenvalue weighted by atomic mass is 9.90. The van der Waals surface area contributed by atoms with Crippen LogP contribution in [0.2, 0.25) is 0 Å². The summed E-state index contributed by atoms with van der Waals surface area (Å²) in [4.78, 5) is 12.0. The molecule has 1 saturated carbocycles. The van der Waals surface area contributed by atoms with Gasteiger partial charge in [0, 0.05) is 12.3 Å². The minimum atomic E-state index is -0.268. The molecule has 0 spiro atoms. The molecule has 23 heavy (non-hydrogen) atoms. The highest BCUT2D eigenvalue weighted by atomic mass is 32.1. The molecule has 0 aliphatic heterocycles. The Labute approximate surface area is 139 Å². The number of amides is 1. The van der Waals surface area contributed by atoms with Crippen molar-refractivity contribution >= 4 is 22.4 Å². The Morgan fingerprint density at radius 1 is 1.22 bits per heavy atom. The molecule has 0 atom stereocenters. The molecule has 1 aliphatic rings. The molecule has 1 N–H and O–H groups in total. The molecule has 1 aliphatic carbocycles. The summed E-state index contributed by atoms with van der Waals surface area (Å²) in [6.45, 7) is 0. The van der Waals surface area contributed by atoms with Crippen molar-refractivity contribution in [1.82, 2.24) is 10.2 Å². The van der Waals surface area contributed by atoms with Gasteiger partial charge in [-0.2, -0.15) is 0 Å². The van der Waals surface area contributed by atoms with Crippen LogP contribution in [0.15, 0.2) is 24.3 Å². The molecule has 122 valence electrons. The Morgan fingerprint density at radius 2 is 2.00 bits per heavy atom. The van der Waals surface area contributed by atoms with Gasteiger partial charge in [-0.15, -0.1) is 10.2 Å². The maximum atomic E-state index is 13.5. The smallest absolute Gasteiger partial charge is 0.226 e. The second kappa shape index (κ2) is 7.64. The Bertz CT molecular complexity index is 667. The van der Waals surface area contributed by atoms with Crippen molar-refractivity contribution in [1.29, 1.82) is 0 Å². The molecule has 2 aromatic rings. The summed E-state index contributed by atoms with van der Waals surface area (Å²) < 4.78 is 13.5. The highest BCUT2D eigenvalue weighted by Gasteiger charge is 2.20. The van der Waals surface area contributed by atoms with E-state index in [-0.39, 0.29) is 18.1 Å². The van der Waals surface area contributed by atoms with Crippen molar-refractivity contribution in [2.24, 2.45) is 0 Å². The fraction of sp³-hybridized carbons (Fsp3) is 0.471. The zero-order chi connectivity index (χ0) is 16.1. The number of aromatic nitrogens is 2. The molecule has 1 amide bonds. The SMILES string of the molecule is O=C(CCc1ccccc1F)Nc1nnc(C2CCCCC2)s1. The third-order valence-corrected chi connectivity index (χ3v) is 5.22. The first-order valence-corrected chi connectivity index (χ1v) is 8.90. The largest absolute Gasteiger partial charge is 0.301 e. The third-order valence-electron chi connectivity index (χ3n) is 4.22. The molecule has 0 radical (unpaired) electrons. The Morgan fingerprint density at radius 3 is 2.78 bits per heavy atom. The first-order valence-electron chi connectivity index (χ1n) is 8.09. The van der Waals surface area contributed by atoms with Crippen molar-refractivity contribution < 1.29 is 9.18 Å². The molecular weight excluding hydrogens is 313 g/mol. The summed E-state index contributed by atoms with van der Waals surface area (Å²) >= 11 is 1.46. The number of hydrogen-bond donors (Lipinski definition) is 1. The first kappa shape index (κ1) is 16.1. The van der Waals surface area contributed by atoms with Crippen molar-refractivity contribution in [2.75, 3.05) is 5.32 Å². The minimum absolute atomic E-state index is 0.153. The zero-order valence-electron chi connectivity index (χ0n) is 12.9. The molecule has 0 saturated heterocycles. The molecule has 6 heteroatoms. The van der Waals surface area contributed by atoms with Crippen LogP contribution >= 0.6 is 11.3 Å². The average molecular weight is 333 g/mol. The van der Waals surface area contributed by atoms with Crippen LogP contribution in [0.25, 0.3) is 0 Å². The summed E-state index contributed by atoms with van der Waals surface area (Å²) in [5.74, 6) is 0.0701. The van der Waals surface area contributed by atoms with E-state index in [1.54, 1.807) is 18.2 Å². The van der Waals surface area contributed by atoms with Gasteiger partial charge < -0.3 is 5.32 Å². The number of halogens is 1. The number of aryl methyl sites for hydroxylation is 1. The topological polar surface area (TPSA) is 54.9 Å². The van der Waals surface area contributed by atoms with Gasteiger partial charge in [-0.25, -0.2) is 4.39 Å². The maximum Gasteiger partial charge on any atom is 0.226 e. The fourth-order valence-corrected chi connectivity index (χ4v) is 3.86. The van der Waals surface area contributed by atoms with Gasteiger partial charge in [-0.3, -0.25) is 4.79 Å². The second-order valence-electron chi connectivity index (χ2n) is 5.92. The summed E-state index contributed by atoms with van der Waals surface area (Å²) in [6, 6.07) is 6.54. The molecule has 1 fully saturated rings. The van der Waals surface area contributed by atoms with E-state index in [1.165, 1.54) is 36.7 Å². The number of benzene rings is 1. The van der Waals surface area contributed by atoms with Crippen LogP contribution in [0.1, 0.15) is 55.0 Å². The van der Waals surface area contributed by atoms with Gasteiger partial charge in [-0.1, -0.05) is 48.8 Å². The third kappa shape index (κ3) is 4.34. The number of nitrogens with one attached hydrogen (secondary N) is 1. The summed E-state index contributed by atoms with van der Waals surface area (Å²) in [5, 5.41) is 12.6. The van der Waals surface area contributed by atoms with Crippen molar-refractivity contribution in [3.63, 3.8) is 0 Å². The maximum absolute atomic E-state index is 13.5. The number of carbonyl (C=O) groups excluding carboxylic acids is 1. The first-order chi connectivity index (χ1) is 11.2. The van der Waals surface area contributed by atoms with E-state index >= 15 is 0 Å². The number of anilines is 1. The van der Waals surface area contributed by atoms with E-state index in [9.17, 15) is 9.18 Å². The van der Waals surface area contributed by atoms with Gasteiger partial charge in [-0.05, 0) is 30.9 Å². The predicted molar refractivity (Wildman–Crippen MR) is 89.1 cm³/mol. The molecule has 0 unspecified atom stereocenters. The standard InChI is InChI=1S/C17H20FN3OS/c18-14-9-5-4-6-12(14)10-11-15(22)19-17-21-20-16(23-17)13-7-2-1-3-8-13/h4-6,9,13H,1-3,7-8,10-11H2,(H,19,21,22). The van der Waals surface area contributed by atoms with Crippen LogP contribution in [0, 0.1) is 5.82 Å². The van der Waals surface area contributed by atoms with Gasteiger partial charge in [0.2, 0.25) is 11.0 Å². The van der Waals surface area contributed by atoms with Crippen LogP contribution < -0.4 is 5.32 Å². The van der Waals surface area contributed by atoms with E-state index in [0.717, 1.165) is 17.8 Å². The second-order valence-corrected chi connectivity index (χ2v) is 6.93. The average Bonchev–Trinajstić information content (AvgIpc) is 3.03. The van der Waals surface area contributed by atoms with Crippen LogP contribution in [0.3, 0.4) is 0 Å². The molecule has 1 heterocycles. The lowest BCUT2D eigenvalue weighted by Gasteiger charge is -2.18. The van der Waals surface area contributed by atoms with Crippen LogP contribution in [0.4, 0.5) is 9.52 Å². The highest BCUT2D eigenvalue weighted by molar-refractivity contribution is 7.15. The van der Waals surface area contributed by atoms with Gasteiger partial charge in [0.1, 0.15) is 10.8 Å². The Hall–Kier alpha value is -1.82. The molecule has 1 aromatic heterocycles. The van der Waals surface area contributed by atoms with Crippen LogP contribution in [-0.2, 0) is 11.2 Å². The lowest BCUT2D eigenvalue weighted by Crippen LogP contribution is -2.12. The van der Waals surface area contributed by atoms with Gasteiger partial charge in [0.15, 0.2) is 0 Å². The molecule has 0 bridgehead atoms. The summed E-state index contributed by atoms with van der Waals surface area (Å²) in [7, 11) is 0. The molecule has 3 rings (SSSR count). The van der Waals surface area contributed by atoms with E-state index < -0.39 is 0 Å². The Kier molecular flexibility index (Phi) is 5.33. The minimum Gasteiger partial charge on any atom is -0.301 e. The quantitative estimate of drug-likeness (QED) is 0.888. The lowest BCUT2D eigenvalue weighted by molar-refractivity contribution is -0.116. The van der Waals surface area contributed by atoms with Crippen molar-refractivity contribution in [3.8, 4) is 0 Å². The molecular formula is C17H20FN3OS. The normalized spacial score (nSPS) is 15.5. The van der Waals surface area contributed by atoms with Crippen LogP contribution in [-0.4, -0.2) is 16.1 Å². The van der Waals surface area contributed by atoms with E-state index in [1.807, 2.05) is 0 Å². The highest BCUT2D eigenvalue weighted by Crippen LogP contribution is 2.35.